The highest BCUT2D eigenvalue weighted by atomic mass is 32.2. The number of anilines is 2. The van der Waals surface area contributed by atoms with E-state index in [9.17, 15) is 13.2 Å². The third-order valence-corrected chi connectivity index (χ3v) is 6.54. The molecule has 0 bridgehead atoms. The van der Waals surface area contributed by atoms with Gasteiger partial charge in [0.1, 0.15) is 0 Å². The largest absolute Gasteiger partial charge is 0.369 e. The second-order valence-corrected chi connectivity index (χ2v) is 9.82. The van der Waals surface area contributed by atoms with Crippen LogP contribution in [0.25, 0.3) is 6.08 Å². The average molecular weight is 428 g/mol. The fraction of sp³-hybridized carbons (Fsp3) is 0.348. The first-order valence-electron chi connectivity index (χ1n) is 10.1. The van der Waals surface area contributed by atoms with Crippen LogP contribution < -0.4 is 10.2 Å². The van der Waals surface area contributed by atoms with Crippen molar-refractivity contribution < 1.29 is 13.2 Å². The lowest BCUT2D eigenvalue weighted by Crippen LogP contribution is -2.48. The number of amides is 1. The molecule has 1 amide bonds. The third-order valence-electron chi connectivity index (χ3n) is 5.24. The topological polar surface area (TPSA) is 69.7 Å². The van der Waals surface area contributed by atoms with Crippen LogP contribution in [0.1, 0.15) is 30.9 Å². The summed E-state index contributed by atoms with van der Waals surface area (Å²) in [6.45, 7) is 6.58. The van der Waals surface area contributed by atoms with Crippen LogP contribution in [-0.4, -0.2) is 51.1 Å². The molecule has 2 aromatic carbocycles. The monoisotopic (exact) mass is 427 g/mol. The SMILES string of the molecule is CC(C)c1ccc(C=CC(=O)Nc2ccc(N3CCN(S(C)(=O)=O)CC3)cc2)cc1. The Labute approximate surface area is 179 Å². The van der Waals surface area contributed by atoms with E-state index in [1.54, 1.807) is 6.08 Å². The van der Waals surface area contributed by atoms with Gasteiger partial charge in [-0.2, -0.15) is 4.31 Å². The molecule has 0 aromatic heterocycles. The molecule has 1 N–H and O–H groups in total. The Morgan fingerprint density at radius 3 is 2.10 bits per heavy atom. The van der Waals surface area contributed by atoms with Gasteiger partial charge in [-0.05, 0) is 47.4 Å². The summed E-state index contributed by atoms with van der Waals surface area (Å²) >= 11 is 0. The van der Waals surface area contributed by atoms with Gasteiger partial charge in [-0.1, -0.05) is 38.1 Å². The highest BCUT2D eigenvalue weighted by molar-refractivity contribution is 7.88. The predicted molar refractivity (Wildman–Crippen MR) is 123 cm³/mol. The van der Waals surface area contributed by atoms with Crippen molar-refractivity contribution >= 4 is 33.4 Å². The number of hydrogen-bond acceptors (Lipinski definition) is 4. The van der Waals surface area contributed by atoms with Gasteiger partial charge in [0, 0.05) is 43.6 Å². The van der Waals surface area contributed by atoms with Crippen molar-refractivity contribution in [1.29, 1.82) is 0 Å². The fourth-order valence-corrected chi connectivity index (χ4v) is 4.21. The minimum absolute atomic E-state index is 0.183. The summed E-state index contributed by atoms with van der Waals surface area (Å²) in [5, 5.41) is 2.87. The van der Waals surface area contributed by atoms with Gasteiger partial charge in [-0.3, -0.25) is 4.79 Å². The maximum atomic E-state index is 12.2. The van der Waals surface area contributed by atoms with Gasteiger partial charge in [0.15, 0.2) is 0 Å². The van der Waals surface area contributed by atoms with Crippen molar-refractivity contribution in [3.63, 3.8) is 0 Å². The molecule has 160 valence electrons. The molecule has 3 rings (SSSR count). The molecular formula is C23H29N3O3S. The summed E-state index contributed by atoms with van der Waals surface area (Å²) in [6.07, 6.45) is 4.58. The van der Waals surface area contributed by atoms with Crippen LogP contribution in [0.2, 0.25) is 0 Å². The van der Waals surface area contributed by atoms with Crippen LogP contribution in [0.4, 0.5) is 11.4 Å². The Balaban J connectivity index is 1.53. The average Bonchev–Trinajstić information content (AvgIpc) is 2.72. The lowest BCUT2D eigenvalue weighted by molar-refractivity contribution is -0.111. The van der Waals surface area contributed by atoms with E-state index in [2.05, 4.69) is 36.2 Å². The molecule has 0 spiro atoms. The zero-order valence-electron chi connectivity index (χ0n) is 17.7. The molecule has 1 aliphatic rings. The number of hydrogen-bond donors (Lipinski definition) is 1. The van der Waals surface area contributed by atoms with Crippen LogP contribution in [-0.2, 0) is 14.8 Å². The smallest absolute Gasteiger partial charge is 0.248 e. The van der Waals surface area contributed by atoms with Crippen LogP contribution in [0.15, 0.2) is 54.6 Å². The van der Waals surface area contributed by atoms with Gasteiger partial charge in [-0.15, -0.1) is 0 Å². The van der Waals surface area contributed by atoms with Gasteiger partial charge in [0.2, 0.25) is 15.9 Å². The molecule has 30 heavy (non-hydrogen) atoms. The predicted octanol–water partition coefficient (Wildman–Crippen LogP) is 3.54. The molecule has 2 aromatic rings. The number of carbonyl (C=O) groups excluding carboxylic acids is 1. The second-order valence-electron chi connectivity index (χ2n) is 7.84. The number of rotatable bonds is 6. The van der Waals surface area contributed by atoms with Crippen molar-refractivity contribution in [3.05, 3.63) is 65.7 Å². The van der Waals surface area contributed by atoms with Gasteiger partial charge >= 0.3 is 0 Å². The zero-order chi connectivity index (χ0) is 21.7. The molecule has 6 nitrogen and oxygen atoms in total. The minimum Gasteiger partial charge on any atom is -0.369 e. The number of carbonyl (C=O) groups is 1. The van der Waals surface area contributed by atoms with E-state index in [0.29, 0.717) is 32.1 Å². The molecule has 0 aliphatic carbocycles. The number of sulfonamides is 1. The maximum Gasteiger partial charge on any atom is 0.248 e. The molecule has 1 heterocycles. The Bertz CT molecular complexity index is 989. The summed E-state index contributed by atoms with van der Waals surface area (Å²) < 4.78 is 24.7. The van der Waals surface area contributed by atoms with E-state index >= 15 is 0 Å². The minimum atomic E-state index is -3.13. The van der Waals surface area contributed by atoms with Gasteiger partial charge < -0.3 is 10.2 Å². The lowest BCUT2D eigenvalue weighted by atomic mass is 10.0. The lowest BCUT2D eigenvalue weighted by Gasteiger charge is -2.34. The highest BCUT2D eigenvalue weighted by Crippen LogP contribution is 2.20. The van der Waals surface area contributed by atoms with Crippen molar-refractivity contribution in [2.24, 2.45) is 0 Å². The van der Waals surface area contributed by atoms with Crippen LogP contribution in [0.3, 0.4) is 0 Å². The van der Waals surface area contributed by atoms with Gasteiger partial charge in [0.05, 0.1) is 6.26 Å². The van der Waals surface area contributed by atoms with E-state index in [-0.39, 0.29) is 5.91 Å². The van der Waals surface area contributed by atoms with Crippen molar-refractivity contribution in [2.45, 2.75) is 19.8 Å². The summed E-state index contributed by atoms with van der Waals surface area (Å²) in [4.78, 5) is 14.4. The van der Waals surface area contributed by atoms with Crippen LogP contribution in [0, 0.1) is 0 Å². The van der Waals surface area contributed by atoms with Gasteiger partial charge in [0.25, 0.3) is 0 Å². The Hall–Kier alpha value is -2.64. The molecule has 1 saturated heterocycles. The normalized spacial score (nSPS) is 15.7. The highest BCUT2D eigenvalue weighted by Gasteiger charge is 2.23. The van der Waals surface area contributed by atoms with E-state index in [1.807, 2.05) is 36.4 Å². The van der Waals surface area contributed by atoms with Crippen molar-refractivity contribution in [1.82, 2.24) is 4.31 Å². The summed E-state index contributed by atoms with van der Waals surface area (Å²) in [5.74, 6) is 0.301. The first-order chi connectivity index (χ1) is 14.2. The number of nitrogens with zero attached hydrogens (tertiary/aromatic N) is 2. The van der Waals surface area contributed by atoms with E-state index in [4.69, 9.17) is 0 Å². The molecular weight excluding hydrogens is 398 g/mol. The Morgan fingerprint density at radius 1 is 0.967 bits per heavy atom. The zero-order valence-corrected chi connectivity index (χ0v) is 18.5. The third kappa shape index (κ3) is 5.93. The van der Waals surface area contributed by atoms with E-state index < -0.39 is 10.0 Å². The standard InChI is InChI=1S/C23H29N3O3S/c1-18(2)20-7-4-19(5-8-20)6-13-23(27)24-21-9-11-22(12-10-21)25-14-16-26(17-15-25)30(3,28)29/h4-13,18H,14-17H2,1-3H3,(H,24,27). The van der Waals surface area contributed by atoms with Crippen LogP contribution >= 0.6 is 0 Å². The van der Waals surface area contributed by atoms with Gasteiger partial charge in [-0.25, -0.2) is 8.42 Å². The molecule has 0 unspecified atom stereocenters. The van der Waals surface area contributed by atoms with Crippen molar-refractivity contribution in [2.75, 3.05) is 42.7 Å². The maximum absolute atomic E-state index is 12.2. The van der Waals surface area contributed by atoms with Crippen LogP contribution in [0.5, 0.6) is 0 Å². The Morgan fingerprint density at radius 2 is 1.57 bits per heavy atom. The molecule has 1 aliphatic heterocycles. The molecule has 1 fully saturated rings. The summed E-state index contributed by atoms with van der Waals surface area (Å²) in [5.41, 5.74) is 3.99. The summed E-state index contributed by atoms with van der Waals surface area (Å²) in [6, 6.07) is 15.8. The number of benzene rings is 2. The quantitative estimate of drug-likeness (QED) is 0.716. The fourth-order valence-electron chi connectivity index (χ4n) is 3.38. The molecule has 0 radical (unpaired) electrons. The molecule has 0 saturated carbocycles. The first-order valence-corrected chi connectivity index (χ1v) is 12.0. The summed E-state index contributed by atoms with van der Waals surface area (Å²) in [7, 11) is -3.13. The van der Waals surface area contributed by atoms with E-state index in [1.165, 1.54) is 22.2 Å². The first kappa shape index (κ1) is 22.1. The number of piperazine rings is 1. The van der Waals surface area contributed by atoms with Crippen molar-refractivity contribution in [3.8, 4) is 0 Å². The molecule has 7 heteroatoms. The molecule has 0 atom stereocenters. The second kappa shape index (κ2) is 9.45. The Kier molecular flexibility index (Phi) is 6.95. The van der Waals surface area contributed by atoms with E-state index in [0.717, 1.165) is 16.9 Å². The number of nitrogens with one attached hydrogen (secondary N) is 1.